The molecule has 1 aromatic carbocycles. The molecule has 0 spiro atoms. The summed E-state index contributed by atoms with van der Waals surface area (Å²) in [6, 6.07) is 10.2. The molecule has 172 valence electrons. The van der Waals surface area contributed by atoms with Crippen LogP contribution in [-0.2, 0) is 11.2 Å². The number of fused-ring (bicyclic) bond motifs is 2. The van der Waals surface area contributed by atoms with Crippen molar-refractivity contribution in [2.24, 2.45) is 16.7 Å². The molecule has 32 heavy (non-hydrogen) atoms. The van der Waals surface area contributed by atoms with Crippen LogP contribution in [0.3, 0.4) is 0 Å². The summed E-state index contributed by atoms with van der Waals surface area (Å²) in [6.07, 6.45) is 3.79. The van der Waals surface area contributed by atoms with E-state index in [1.54, 1.807) is 22.3 Å². The summed E-state index contributed by atoms with van der Waals surface area (Å²) in [5.41, 5.74) is 1.29. The molecule has 2 aromatic rings. The summed E-state index contributed by atoms with van der Waals surface area (Å²) in [4.78, 5) is 21.1. The Morgan fingerprint density at radius 1 is 1.34 bits per heavy atom. The lowest BCUT2D eigenvalue weighted by atomic mass is 9.47. The van der Waals surface area contributed by atoms with E-state index in [9.17, 15) is 15.0 Å². The molecule has 0 radical (unpaired) electrons. The first-order chi connectivity index (χ1) is 15.2. The van der Waals surface area contributed by atoms with Crippen molar-refractivity contribution >= 4 is 17.2 Å². The van der Waals surface area contributed by atoms with Crippen LogP contribution >= 0.6 is 11.3 Å². The Hall–Kier alpha value is -2.02. The van der Waals surface area contributed by atoms with Crippen LogP contribution < -0.4 is 0 Å². The molecule has 5 nitrogen and oxygen atoms in total. The Bertz CT molecular complexity index is 990. The lowest BCUT2D eigenvalue weighted by Crippen LogP contribution is -2.57. The summed E-state index contributed by atoms with van der Waals surface area (Å²) in [6.45, 7) is 8.46. The molecule has 0 saturated heterocycles. The number of carbonyl (C=O) groups excluding carboxylic acids is 1. The fraction of sp³-hybridized carbons (Fsp3) is 0.538. The number of likely N-dealkylation sites (N-methyl/N-ethyl adjacent to an activating group) is 1. The third kappa shape index (κ3) is 3.72. The molecule has 2 N–H and O–H groups in total. The van der Waals surface area contributed by atoms with E-state index in [1.807, 2.05) is 32.2 Å². The lowest BCUT2D eigenvalue weighted by Gasteiger charge is -2.58. The van der Waals surface area contributed by atoms with E-state index in [4.69, 9.17) is 4.98 Å². The quantitative estimate of drug-likeness (QED) is 0.640. The van der Waals surface area contributed by atoms with Crippen molar-refractivity contribution in [1.82, 2.24) is 9.88 Å². The Balaban J connectivity index is 1.81. The number of carbonyl (C=O) groups is 1. The number of thiazole rings is 1. The molecule has 1 fully saturated rings. The van der Waals surface area contributed by atoms with E-state index in [0.29, 0.717) is 19.4 Å². The van der Waals surface area contributed by atoms with Crippen molar-refractivity contribution in [2.75, 3.05) is 20.2 Å². The minimum absolute atomic E-state index is 0.0527. The lowest BCUT2D eigenvalue weighted by molar-refractivity contribution is -0.146. The molecular formula is C26H34N2O3S. The van der Waals surface area contributed by atoms with Gasteiger partial charge in [-0.2, -0.15) is 0 Å². The predicted molar refractivity (Wildman–Crippen MR) is 128 cm³/mol. The summed E-state index contributed by atoms with van der Waals surface area (Å²) in [5.74, 6) is 0.0970. The molecule has 1 aromatic heterocycles. The molecule has 5 atom stereocenters. The number of hydrogen-bond donors (Lipinski definition) is 2. The van der Waals surface area contributed by atoms with Gasteiger partial charge in [-0.1, -0.05) is 50.3 Å². The highest BCUT2D eigenvalue weighted by molar-refractivity contribution is 7.15. The molecule has 4 rings (SSSR count). The van der Waals surface area contributed by atoms with Gasteiger partial charge in [0.1, 0.15) is 5.01 Å². The second-order valence-corrected chi connectivity index (χ2v) is 11.1. The first-order valence-electron chi connectivity index (χ1n) is 11.4. The number of nitrogens with zero attached hydrogens (tertiary/aromatic N) is 2. The highest BCUT2D eigenvalue weighted by Gasteiger charge is 2.59. The Labute approximate surface area is 194 Å². The molecule has 2 aliphatic carbocycles. The van der Waals surface area contributed by atoms with E-state index >= 15 is 0 Å². The fourth-order valence-corrected chi connectivity index (χ4v) is 7.15. The summed E-state index contributed by atoms with van der Waals surface area (Å²) >= 11 is 1.69. The standard InChI is InChI=1S/C26H34N2O3S/c1-5-13-28(4)22(31)14-18-23-19(32-24(27-23)17-9-7-6-8-10-17)15-20-25(18,2)12-11-21(30)26(20,3)16-29/h5-10,18,20-21,29-30H,1,11-16H2,2-4H3/t18-,20+,21-,25+,26+/m1/s1. The average Bonchev–Trinajstić information content (AvgIpc) is 3.22. The predicted octanol–water partition coefficient (Wildman–Crippen LogP) is 4.26. The maximum atomic E-state index is 13.2. The molecule has 6 heteroatoms. The first kappa shape index (κ1) is 23.1. The number of rotatable bonds is 6. The van der Waals surface area contributed by atoms with Gasteiger partial charge in [-0.05, 0) is 30.6 Å². The van der Waals surface area contributed by atoms with E-state index in [1.165, 1.54) is 4.88 Å². The van der Waals surface area contributed by atoms with Crippen LogP contribution in [0.25, 0.3) is 10.6 Å². The van der Waals surface area contributed by atoms with Crippen molar-refractivity contribution in [3.05, 3.63) is 53.6 Å². The molecule has 0 unspecified atom stereocenters. The first-order valence-corrected chi connectivity index (χ1v) is 12.2. The molecule has 0 aliphatic heterocycles. The second kappa shape index (κ2) is 8.73. The van der Waals surface area contributed by atoms with E-state index in [0.717, 1.165) is 29.1 Å². The third-order valence-corrected chi connectivity index (χ3v) is 9.26. The van der Waals surface area contributed by atoms with Gasteiger partial charge in [-0.3, -0.25) is 4.79 Å². The monoisotopic (exact) mass is 454 g/mol. The van der Waals surface area contributed by atoms with Crippen LogP contribution in [0.5, 0.6) is 0 Å². The van der Waals surface area contributed by atoms with Gasteiger partial charge in [0.15, 0.2) is 0 Å². The molecule has 0 bridgehead atoms. The van der Waals surface area contributed by atoms with Gasteiger partial charge in [0.2, 0.25) is 5.91 Å². The summed E-state index contributed by atoms with van der Waals surface area (Å²) in [7, 11) is 1.81. The van der Waals surface area contributed by atoms with Crippen molar-refractivity contribution in [1.29, 1.82) is 0 Å². The van der Waals surface area contributed by atoms with Gasteiger partial charge >= 0.3 is 0 Å². The zero-order valence-corrected chi connectivity index (χ0v) is 20.1. The smallest absolute Gasteiger partial charge is 0.223 e. The zero-order chi connectivity index (χ0) is 23.1. The molecular weight excluding hydrogens is 420 g/mol. The Morgan fingerprint density at radius 3 is 2.72 bits per heavy atom. The van der Waals surface area contributed by atoms with Gasteiger partial charge in [0, 0.05) is 41.8 Å². The number of hydrogen-bond acceptors (Lipinski definition) is 5. The van der Waals surface area contributed by atoms with E-state index < -0.39 is 11.5 Å². The van der Waals surface area contributed by atoms with Crippen LogP contribution in [0.1, 0.15) is 49.6 Å². The van der Waals surface area contributed by atoms with Crippen LogP contribution in [0.4, 0.5) is 0 Å². The van der Waals surface area contributed by atoms with E-state index in [2.05, 4.69) is 25.6 Å². The number of benzene rings is 1. The van der Waals surface area contributed by atoms with Gasteiger partial charge in [0.25, 0.3) is 0 Å². The van der Waals surface area contributed by atoms with Crippen LogP contribution in [0, 0.1) is 16.7 Å². The minimum atomic E-state index is -0.601. The maximum absolute atomic E-state index is 13.2. The van der Waals surface area contributed by atoms with Gasteiger partial charge in [0.05, 0.1) is 18.4 Å². The average molecular weight is 455 g/mol. The number of aliphatic hydroxyl groups excluding tert-OH is 2. The summed E-state index contributed by atoms with van der Waals surface area (Å²) in [5, 5.41) is 22.2. The van der Waals surface area contributed by atoms with E-state index in [-0.39, 0.29) is 29.8 Å². The van der Waals surface area contributed by atoms with Crippen LogP contribution in [-0.4, -0.2) is 52.3 Å². The zero-order valence-electron chi connectivity index (χ0n) is 19.3. The topological polar surface area (TPSA) is 73.7 Å². The van der Waals surface area contributed by atoms with Crippen molar-refractivity contribution < 1.29 is 15.0 Å². The van der Waals surface area contributed by atoms with Gasteiger partial charge in [-0.25, -0.2) is 4.98 Å². The molecule has 2 aliphatic rings. The fourth-order valence-electron chi connectivity index (χ4n) is 5.98. The SMILES string of the molecule is C=CCN(C)C(=O)C[C@@H]1c2nc(-c3ccccc3)sc2C[C@@H]2[C@](C)(CO)[C@H](O)CC[C@]21C. The Morgan fingerprint density at radius 2 is 2.06 bits per heavy atom. The Kier molecular flexibility index (Phi) is 6.31. The van der Waals surface area contributed by atoms with Crippen LogP contribution in [0.2, 0.25) is 0 Å². The highest BCUT2D eigenvalue weighted by atomic mass is 32.1. The number of aliphatic hydroxyl groups is 2. The van der Waals surface area contributed by atoms with Crippen molar-refractivity contribution in [3.8, 4) is 10.6 Å². The largest absolute Gasteiger partial charge is 0.396 e. The minimum Gasteiger partial charge on any atom is -0.396 e. The maximum Gasteiger partial charge on any atom is 0.223 e. The third-order valence-electron chi connectivity index (χ3n) is 8.12. The molecule has 1 saturated carbocycles. The van der Waals surface area contributed by atoms with Crippen LogP contribution in [0.15, 0.2) is 43.0 Å². The summed E-state index contributed by atoms with van der Waals surface area (Å²) < 4.78 is 0. The molecule has 1 amide bonds. The highest BCUT2D eigenvalue weighted by Crippen LogP contribution is 2.63. The molecule has 1 heterocycles. The number of aromatic nitrogens is 1. The second-order valence-electron chi connectivity index (χ2n) is 9.99. The van der Waals surface area contributed by atoms with Crippen molar-refractivity contribution in [3.63, 3.8) is 0 Å². The van der Waals surface area contributed by atoms with Gasteiger partial charge in [-0.15, -0.1) is 17.9 Å². The normalized spacial score (nSPS) is 31.5. The number of amides is 1. The van der Waals surface area contributed by atoms with Crippen molar-refractivity contribution in [2.45, 2.75) is 51.6 Å². The van der Waals surface area contributed by atoms with Gasteiger partial charge < -0.3 is 15.1 Å².